The molecule has 1 aromatic rings. The van der Waals surface area contributed by atoms with Crippen LogP contribution in [0, 0.1) is 6.92 Å². The van der Waals surface area contributed by atoms with Gasteiger partial charge in [-0.15, -0.1) is 6.58 Å². The number of aryl methyl sites for hydroxylation is 1. The third kappa shape index (κ3) is 3.45. The number of carbonyl (C=O) groups is 1. The summed E-state index contributed by atoms with van der Waals surface area (Å²) in [7, 11) is 1.72. The van der Waals surface area contributed by atoms with Crippen LogP contribution in [0.4, 0.5) is 0 Å². The average molecular weight is 273 g/mol. The monoisotopic (exact) mass is 272 g/mol. The molecule has 0 aliphatic carbocycles. The lowest BCUT2D eigenvalue weighted by molar-refractivity contribution is 0.0796. The van der Waals surface area contributed by atoms with Gasteiger partial charge in [-0.05, 0) is 25.0 Å². The topological polar surface area (TPSA) is 33.2 Å². The fourth-order valence-electron chi connectivity index (χ4n) is 1.43. The molecule has 1 rings (SSSR count). The summed E-state index contributed by atoms with van der Waals surface area (Å²) < 4.78 is 0. The van der Waals surface area contributed by atoms with Crippen molar-refractivity contribution in [2.24, 2.45) is 0 Å². The molecule has 5 heteroatoms. The van der Waals surface area contributed by atoms with Crippen molar-refractivity contribution in [1.82, 2.24) is 9.88 Å². The summed E-state index contributed by atoms with van der Waals surface area (Å²) in [5.74, 6) is -0.154. The van der Waals surface area contributed by atoms with Crippen LogP contribution in [-0.2, 0) is 0 Å². The fourth-order valence-corrected chi connectivity index (χ4v) is 2.04. The number of pyridine rings is 1. The lowest BCUT2D eigenvalue weighted by Gasteiger charge is -2.18. The standard InChI is InChI=1S/C12H14Cl2N2O/c1-4-5-6-16(3)12(17)10-8(2)7-9(13)15-11(10)14/h4,7H,1,5-6H2,2-3H3. The Morgan fingerprint density at radius 3 is 2.76 bits per heavy atom. The SMILES string of the molecule is C=CCCN(C)C(=O)c1c(C)cc(Cl)nc1Cl. The number of hydrogen-bond acceptors (Lipinski definition) is 2. The molecule has 0 radical (unpaired) electrons. The summed E-state index contributed by atoms with van der Waals surface area (Å²) in [5, 5.41) is 0.434. The molecule has 0 aromatic carbocycles. The van der Waals surface area contributed by atoms with E-state index in [0.717, 1.165) is 12.0 Å². The van der Waals surface area contributed by atoms with E-state index in [-0.39, 0.29) is 16.2 Å². The van der Waals surface area contributed by atoms with Gasteiger partial charge in [-0.25, -0.2) is 4.98 Å². The first-order valence-corrected chi connectivity index (χ1v) is 5.92. The second-order valence-electron chi connectivity index (χ2n) is 3.73. The highest BCUT2D eigenvalue weighted by atomic mass is 35.5. The maximum Gasteiger partial charge on any atom is 0.257 e. The average Bonchev–Trinajstić information content (AvgIpc) is 2.24. The van der Waals surface area contributed by atoms with Crippen molar-refractivity contribution in [3.05, 3.63) is 40.2 Å². The molecule has 0 spiro atoms. The predicted octanol–water partition coefficient (Wildman–Crippen LogP) is 3.34. The molecule has 0 aliphatic heterocycles. The summed E-state index contributed by atoms with van der Waals surface area (Å²) in [4.78, 5) is 17.6. The molecule has 0 aliphatic rings. The van der Waals surface area contributed by atoms with Gasteiger partial charge in [-0.3, -0.25) is 4.79 Å². The maximum absolute atomic E-state index is 12.1. The molecule has 0 atom stereocenters. The zero-order chi connectivity index (χ0) is 13.0. The Morgan fingerprint density at radius 1 is 1.59 bits per heavy atom. The molecule has 0 N–H and O–H groups in total. The number of carbonyl (C=O) groups excluding carboxylic acids is 1. The van der Waals surface area contributed by atoms with Gasteiger partial charge in [0, 0.05) is 13.6 Å². The van der Waals surface area contributed by atoms with E-state index in [1.54, 1.807) is 31.0 Å². The molecule has 17 heavy (non-hydrogen) atoms. The maximum atomic E-state index is 12.1. The highest BCUT2D eigenvalue weighted by molar-refractivity contribution is 6.34. The van der Waals surface area contributed by atoms with E-state index in [1.807, 2.05) is 0 Å². The van der Waals surface area contributed by atoms with Crippen LogP contribution in [0.15, 0.2) is 18.7 Å². The van der Waals surface area contributed by atoms with E-state index < -0.39 is 0 Å². The van der Waals surface area contributed by atoms with Gasteiger partial charge < -0.3 is 4.90 Å². The van der Waals surface area contributed by atoms with E-state index in [0.29, 0.717) is 12.1 Å². The van der Waals surface area contributed by atoms with E-state index in [9.17, 15) is 4.79 Å². The summed E-state index contributed by atoms with van der Waals surface area (Å²) in [5.41, 5.74) is 1.13. The minimum absolute atomic E-state index is 0.144. The quantitative estimate of drug-likeness (QED) is 0.622. The van der Waals surface area contributed by atoms with Crippen LogP contribution in [0.3, 0.4) is 0 Å². The van der Waals surface area contributed by atoms with Gasteiger partial charge in [0.2, 0.25) is 0 Å². The van der Waals surface area contributed by atoms with E-state index >= 15 is 0 Å². The van der Waals surface area contributed by atoms with Gasteiger partial charge in [0.1, 0.15) is 10.3 Å². The van der Waals surface area contributed by atoms with E-state index in [2.05, 4.69) is 11.6 Å². The number of hydrogen-bond donors (Lipinski definition) is 0. The fraction of sp³-hybridized carbons (Fsp3) is 0.333. The second kappa shape index (κ2) is 6.03. The first-order valence-electron chi connectivity index (χ1n) is 5.16. The lowest BCUT2D eigenvalue weighted by Crippen LogP contribution is -2.28. The van der Waals surface area contributed by atoms with Crippen molar-refractivity contribution in [2.75, 3.05) is 13.6 Å². The van der Waals surface area contributed by atoms with Gasteiger partial charge >= 0.3 is 0 Å². The number of rotatable bonds is 4. The van der Waals surface area contributed by atoms with Crippen molar-refractivity contribution in [3.63, 3.8) is 0 Å². The summed E-state index contributed by atoms with van der Waals surface area (Å²) in [6.07, 6.45) is 2.50. The van der Waals surface area contributed by atoms with E-state index in [4.69, 9.17) is 23.2 Å². The van der Waals surface area contributed by atoms with E-state index in [1.165, 1.54) is 0 Å². The highest BCUT2D eigenvalue weighted by Crippen LogP contribution is 2.22. The Morgan fingerprint density at radius 2 is 2.24 bits per heavy atom. The van der Waals surface area contributed by atoms with Crippen LogP contribution >= 0.6 is 23.2 Å². The highest BCUT2D eigenvalue weighted by Gasteiger charge is 2.18. The van der Waals surface area contributed by atoms with Gasteiger partial charge in [0.25, 0.3) is 5.91 Å². The Labute approximate surface area is 111 Å². The molecule has 0 unspecified atom stereocenters. The zero-order valence-corrected chi connectivity index (χ0v) is 11.3. The van der Waals surface area contributed by atoms with Crippen molar-refractivity contribution in [2.45, 2.75) is 13.3 Å². The molecule has 0 saturated heterocycles. The third-order valence-corrected chi connectivity index (χ3v) is 2.84. The smallest absolute Gasteiger partial charge is 0.257 e. The zero-order valence-electron chi connectivity index (χ0n) is 9.83. The van der Waals surface area contributed by atoms with Crippen LogP contribution in [0.25, 0.3) is 0 Å². The molecule has 0 saturated carbocycles. The molecule has 0 bridgehead atoms. The van der Waals surface area contributed by atoms with Crippen molar-refractivity contribution in [1.29, 1.82) is 0 Å². The number of nitrogens with zero attached hydrogens (tertiary/aromatic N) is 2. The Balaban J connectivity index is 3.00. The van der Waals surface area contributed by atoms with Crippen LogP contribution in [0.2, 0.25) is 10.3 Å². The largest absolute Gasteiger partial charge is 0.341 e. The molecule has 1 aromatic heterocycles. The number of amides is 1. The summed E-state index contributed by atoms with van der Waals surface area (Å²) in [6.45, 7) is 6.00. The molecular formula is C12H14Cl2N2O. The second-order valence-corrected chi connectivity index (χ2v) is 4.48. The molecule has 0 fully saturated rings. The van der Waals surface area contributed by atoms with Crippen molar-refractivity contribution >= 4 is 29.1 Å². The first-order chi connectivity index (χ1) is 7.97. The number of halogens is 2. The predicted molar refractivity (Wildman–Crippen MR) is 70.8 cm³/mol. The minimum atomic E-state index is -0.154. The van der Waals surface area contributed by atoms with Crippen LogP contribution in [-0.4, -0.2) is 29.4 Å². The van der Waals surface area contributed by atoms with Crippen molar-refractivity contribution < 1.29 is 4.79 Å². The normalized spacial score (nSPS) is 10.1. The lowest BCUT2D eigenvalue weighted by atomic mass is 10.1. The van der Waals surface area contributed by atoms with Gasteiger partial charge in [0.15, 0.2) is 0 Å². The van der Waals surface area contributed by atoms with Crippen LogP contribution in [0.1, 0.15) is 22.3 Å². The molecule has 92 valence electrons. The number of aromatic nitrogens is 1. The minimum Gasteiger partial charge on any atom is -0.341 e. The molecular weight excluding hydrogens is 259 g/mol. The van der Waals surface area contributed by atoms with Gasteiger partial charge in [-0.1, -0.05) is 29.3 Å². The van der Waals surface area contributed by atoms with Crippen molar-refractivity contribution in [3.8, 4) is 0 Å². The Bertz CT molecular complexity index is 423. The van der Waals surface area contributed by atoms with Gasteiger partial charge in [0.05, 0.1) is 5.56 Å². The molecule has 3 nitrogen and oxygen atoms in total. The summed E-state index contributed by atoms with van der Waals surface area (Å²) in [6, 6.07) is 1.63. The first kappa shape index (κ1) is 14.0. The molecule has 1 amide bonds. The Hall–Kier alpha value is -1.06. The van der Waals surface area contributed by atoms with Crippen LogP contribution < -0.4 is 0 Å². The third-order valence-electron chi connectivity index (χ3n) is 2.37. The summed E-state index contributed by atoms with van der Waals surface area (Å²) >= 11 is 11.7. The van der Waals surface area contributed by atoms with Crippen LogP contribution in [0.5, 0.6) is 0 Å². The van der Waals surface area contributed by atoms with Gasteiger partial charge in [-0.2, -0.15) is 0 Å². The molecule has 1 heterocycles. The Kier molecular flexibility index (Phi) is 4.97.